The molecule has 3 atom stereocenters. The summed E-state index contributed by atoms with van der Waals surface area (Å²) in [5.41, 5.74) is 0.595. The fourth-order valence-electron chi connectivity index (χ4n) is 6.09. The van der Waals surface area contributed by atoms with Crippen molar-refractivity contribution in [3.63, 3.8) is 0 Å². The Hall–Kier alpha value is -2.45. The first-order valence-corrected chi connectivity index (χ1v) is 14.4. The highest BCUT2D eigenvalue weighted by Crippen LogP contribution is 2.27. The van der Waals surface area contributed by atoms with Crippen LogP contribution in [0.1, 0.15) is 65.4 Å². The average Bonchev–Trinajstić information content (AvgIpc) is 3.45. The smallest absolute Gasteiger partial charge is 0.242 e. The molecular formula is C30H49N5O3. The van der Waals surface area contributed by atoms with Crippen molar-refractivity contribution in [2.45, 2.75) is 83.3 Å². The van der Waals surface area contributed by atoms with E-state index in [1.807, 2.05) is 56.1 Å². The Morgan fingerprint density at radius 2 is 1.66 bits per heavy atom. The van der Waals surface area contributed by atoms with E-state index in [9.17, 15) is 14.4 Å². The van der Waals surface area contributed by atoms with Crippen LogP contribution in [-0.4, -0.2) is 97.4 Å². The van der Waals surface area contributed by atoms with Crippen LogP contribution in [0.25, 0.3) is 0 Å². The average molecular weight is 528 g/mol. The van der Waals surface area contributed by atoms with Crippen LogP contribution in [-0.2, 0) is 19.8 Å². The number of hydrogen-bond donors (Lipinski definition) is 2. The number of carbonyl (C=O) groups excluding carboxylic acids is 3. The molecule has 1 aromatic rings. The fraction of sp³-hybridized carbons (Fsp3) is 0.700. The van der Waals surface area contributed by atoms with Gasteiger partial charge in [0.2, 0.25) is 17.7 Å². The summed E-state index contributed by atoms with van der Waals surface area (Å²) in [6.07, 6.45) is 5.21. The van der Waals surface area contributed by atoms with Crippen molar-refractivity contribution in [1.82, 2.24) is 25.3 Å². The third-order valence-corrected chi connectivity index (χ3v) is 8.60. The maximum absolute atomic E-state index is 13.3. The summed E-state index contributed by atoms with van der Waals surface area (Å²) in [6.45, 7) is 11.5. The molecule has 8 heteroatoms. The first-order chi connectivity index (χ1) is 18.1. The summed E-state index contributed by atoms with van der Waals surface area (Å²) >= 11 is 0. The Morgan fingerprint density at radius 1 is 1.03 bits per heavy atom. The van der Waals surface area contributed by atoms with Crippen molar-refractivity contribution >= 4 is 17.7 Å². The van der Waals surface area contributed by atoms with E-state index < -0.39 is 11.5 Å². The van der Waals surface area contributed by atoms with Gasteiger partial charge in [0.05, 0.1) is 18.6 Å². The number of benzene rings is 1. The van der Waals surface area contributed by atoms with Crippen LogP contribution in [0.4, 0.5) is 0 Å². The van der Waals surface area contributed by atoms with Crippen LogP contribution < -0.4 is 10.6 Å². The Kier molecular flexibility index (Phi) is 10.7. The Labute approximate surface area is 229 Å². The van der Waals surface area contributed by atoms with Gasteiger partial charge < -0.3 is 20.4 Å². The molecule has 0 aromatic heterocycles. The maximum atomic E-state index is 13.3. The summed E-state index contributed by atoms with van der Waals surface area (Å²) < 4.78 is 0. The molecule has 0 aliphatic carbocycles. The lowest BCUT2D eigenvalue weighted by Gasteiger charge is -2.41. The molecule has 3 rings (SSSR count). The van der Waals surface area contributed by atoms with Gasteiger partial charge in [-0.25, -0.2) is 0 Å². The fourth-order valence-corrected chi connectivity index (χ4v) is 6.09. The first-order valence-electron chi connectivity index (χ1n) is 14.4. The van der Waals surface area contributed by atoms with Crippen molar-refractivity contribution in [2.24, 2.45) is 5.92 Å². The zero-order valence-electron chi connectivity index (χ0n) is 24.3. The van der Waals surface area contributed by atoms with Crippen LogP contribution in [0.2, 0.25) is 0 Å². The van der Waals surface area contributed by atoms with E-state index >= 15 is 0 Å². The highest BCUT2D eigenvalue weighted by molar-refractivity contribution is 5.88. The number of rotatable bonds is 11. The number of nitrogens with one attached hydrogen (secondary N) is 2. The molecule has 2 N–H and O–H groups in total. The summed E-state index contributed by atoms with van der Waals surface area (Å²) in [7, 11) is 3.60. The quantitative estimate of drug-likeness (QED) is 0.462. The minimum atomic E-state index is -0.491. The monoisotopic (exact) mass is 527 g/mol. The number of nitrogens with zero attached hydrogens (tertiary/aromatic N) is 3. The Bertz CT molecular complexity index is 929. The molecule has 3 amide bonds. The van der Waals surface area contributed by atoms with E-state index in [2.05, 4.69) is 29.4 Å². The number of amides is 3. The van der Waals surface area contributed by atoms with E-state index in [4.69, 9.17) is 0 Å². The van der Waals surface area contributed by atoms with Crippen molar-refractivity contribution < 1.29 is 14.4 Å². The van der Waals surface area contributed by atoms with Gasteiger partial charge in [-0.1, -0.05) is 64.4 Å². The van der Waals surface area contributed by atoms with E-state index in [1.165, 1.54) is 0 Å². The molecule has 0 bridgehead atoms. The molecular weight excluding hydrogens is 478 g/mol. The van der Waals surface area contributed by atoms with Crippen LogP contribution in [0, 0.1) is 5.92 Å². The summed E-state index contributed by atoms with van der Waals surface area (Å²) in [6, 6.07) is 9.31. The molecule has 0 saturated carbocycles. The van der Waals surface area contributed by atoms with Crippen LogP contribution in [0.5, 0.6) is 0 Å². The minimum absolute atomic E-state index is 0.0489. The molecule has 2 aliphatic heterocycles. The molecule has 2 saturated heterocycles. The second-order valence-corrected chi connectivity index (χ2v) is 11.9. The van der Waals surface area contributed by atoms with Crippen LogP contribution in [0.3, 0.4) is 0 Å². The van der Waals surface area contributed by atoms with E-state index in [-0.39, 0.29) is 42.3 Å². The van der Waals surface area contributed by atoms with Crippen LogP contribution in [0.15, 0.2) is 30.3 Å². The Balaban J connectivity index is 1.62. The van der Waals surface area contributed by atoms with Gasteiger partial charge in [-0.05, 0) is 50.8 Å². The molecule has 1 aromatic carbocycles. The zero-order valence-corrected chi connectivity index (χ0v) is 24.3. The molecule has 2 heterocycles. The van der Waals surface area contributed by atoms with Gasteiger partial charge in [-0.2, -0.15) is 0 Å². The van der Waals surface area contributed by atoms with Crippen molar-refractivity contribution in [3.8, 4) is 0 Å². The molecule has 212 valence electrons. The number of piperidine rings is 1. The predicted molar refractivity (Wildman–Crippen MR) is 152 cm³/mol. The van der Waals surface area contributed by atoms with Crippen molar-refractivity contribution in [1.29, 1.82) is 0 Å². The summed E-state index contributed by atoms with van der Waals surface area (Å²) in [4.78, 5) is 45.8. The molecule has 8 nitrogen and oxygen atoms in total. The lowest BCUT2D eigenvalue weighted by atomic mass is 9.77. The maximum Gasteiger partial charge on any atom is 0.242 e. The normalized spacial score (nSPS) is 20.3. The summed E-state index contributed by atoms with van der Waals surface area (Å²) in [5.74, 6) is 0.150. The van der Waals surface area contributed by atoms with E-state index in [1.54, 1.807) is 11.9 Å². The van der Waals surface area contributed by atoms with Gasteiger partial charge in [-0.15, -0.1) is 0 Å². The van der Waals surface area contributed by atoms with Gasteiger partial charge >= 0.3 is 0 Å². The lowest BCUT2D eigenvalue weighted by molar-refractivity contribution is -0.139. The van der Waals surface area contributed by atoms with Gasteiger partial charge in [0.25, 0.3) is 0 Å². The molecule has 2 aliphatic rings. The Morgan fingerprint density at radius 3 is 2.26 bits per heavy atom. The standard InChI is InChI=1S/C30H49N5O3/c1-22(2)25(21-35-19-11-10-16-24(35)29(38)34-17-12-13-18-34)33(6)26(36)20-32-28(37)27(31-5)30(3,4)23-14-8-7-9-15-23/h7-9,14-15,22,24-25,27,31H,10-13,16-21H2,1-6H3,(H,32,37)/t24?,25-,27-/m1/s1. The zero-order chi connectivity index (χ0) is 27.9. The van der Waals surface area contributed by atoms with Gasteiger partial charge in [0.1, 0.15) is 0 Å². The largest absolute Gasteiger partial charge is 0.346 e. The van der Waals surface area contributed by atoms with Gasteiger partial charge in [0.15, 0.2) is 0 Å². The molecule has 38 heavy (non-hydrogen) atoms. The number of carbonyl (C=O) groups is 3. The molecule has 0 spiro atoms. The second-order valence-electron chi connectivity index (χ2n) is 11.9. The summed E-state index contributed by atoms with van der Waals surface area (Å²) in [5, 5.41) is 6.03. The highest BCUT2D eigenvalue weighted by Gasteiger charge is 2.37. The van der Waals surface area contributed by atoms with Crippen molar-refractivity contribution in [2.75, 3.05) is 46.8 Å². The minimum Gasteiger partial charge on any atom is -0.346 e. The molecule has 0 radical (unpaired) electrons. The third kappa shape index (κ3) is 7.14. The molecule has 2 fully saturated rings. The van der Waals surface area contributed by atoms with E-state index in [0.717, 1.165) is 57.3 Å². The number of hydrogen-bond acceptors (Lipinski definition) is 5. The van der Waals surface area contributed by atoms with E-state index in [0.29, 0.717) is 6.54 Å². The van der Waals surface area contributed by atoms with Crippen molar-refractivity contribution in [3.05, 3.63) is 35.9 Å². The lowest BCUT2D eigenvalue weighted by Crippen LogP contribution is -2.57. The topological polar surface area (TPSA) is 85.0 Å². The second kappa shape index (κ2) is 13.6. The SMILES string of the molecule is CN[C@H](C(=O)NCC(=O)N(C)[C@H](CN1CCCCC1C(=O)N1CCCC1)C(C)C)C(C)(C)c1ccccc1. The number of likely N-dealkylation sites (tertiary alicyclic amines) is 2. The molecule has 1 unspecified atom stereocenters. The first kappa shape index (κ1) is 30.1. The highest BCUT2D eigenvalue weighted by atomic mass is 16.2. The number of likely N-dealkylation sites (N-methyl/N-ethyl adjacent to an activating group) is 2. The third-order valence-electron chi connectivity index (χ3n) is 8.60. The van der Waals surface area contributed by atoms with Crippen LogP contribution >= 0.6 is 0 Å². The van der Waals surface area contributed by atoms with Gasteiger partial charge in [0, 0.05) is 38.1 Å². The predicted octanol–water partition coefficient (Wildman–Crippen LogP) is 2.63. The van der Waals surface area contributed by atoms with Gasteiger partial charge in [-0.3, -0.25) is 19.3 Å².